The first kappa shape index (κ1) is 19.4. The molecular formula is C18H16F4N2O2. The molecule has 0 fully saturated rings. The van der Waals surface area contributed by atoms with Gasteiger partial charge in [0, 0.05) is 31.3 Å². The lowest BCUT2D eigenvalue weighted by molar-refractivity contribution is -0.137. The number of hydrogen-bond acceptors (Lipinski definition) is 2. The van der Waals surface area contributed by atoms with Crippen molar-refractivity contribution in [2.75, 3.05) is 16.8 Å². The number of rotatable bonds is 5. The fourth-order valence-corrected chi connectivity index (χ4v) is 2.29. The normalized spacial score (nSPS) is 11.1. The summed E-state index contributed by atoms with van der Waals surface area (Å²) in [6.45, 7) is 1.30. The molecule has 8 heteroatoms. The molecular weight excluding hydrogens is 352 g/mol. The molecule has 0 aliphatic heterocycles. The zero-order valence-corrected chi connectivity index (χ0v) is 13.8. The van der Waals surface area contributed by atoms with Crippen molar-refractivity contribution >= 4 is 23.2 Å². The Bertz CT molecular complexity index is 789. The first-order valence-electron chi connectivity index (χ1n) is 7.67. The van der Waals surface area contributed by atoms with E-state index in [0.717, 1.165) is 24.3 Å². The number of carbonyl (C=O) groups is 2. The number of benzene rings is 2. The number of amides is 2. The summed E-state index contributed by atoms with van der Waals surface area (Å²) < 4.78 is 50.8. The Labute approximate surface area is 147 Å². The van der Waals surface area contributed by atoms with Crippen molar-refractivity contribution in [1.82, 2.24) is 0 Å². The second kappa shape index (κ2) is 7.99. The van der Waals surface area contributed by atoms with E-state index < -0.39 is 23.5 Å². The van der Waals surface area contributed by atoms with E-state index >= 15 is 0 Å². The van der Waals surface area contributed by atoms with E-state index in [1.54, 1.807) is 0 Å². The Hall–Kier alpha value is -2.90. The molecule has 0 radical (unpaired) electrons. The fraction of sp³-hybridized carbons (Fsp3) is 0.222. The summed E-state index contributed by atoms with van der Waals surface area (Å²) in [5.41, 5.74) is -0.285. The minimum atomic E-state index is -4.45. The number of nitrogens with zero attached hydrogens (tertiary/aromatic N) is 1. The molecule has 0 heterocycles. The Morgan fingerprint density at radius 1 is 1.08 bits per heavy atom. The second-order valence-corrected chi connectivity index (χ2v) is 5.52. The summed E-state index contributed by atoms with van der Waals surface area (Å²) in [6.07, 6.45) is -4.55. The Kier molecular flexibility index (Phi) is 5.97. The smallest absolute Gasteiger partial charge is 0.326 e. The number of carbonyl (C=O) groups excluding carboxylic acids is 2. The Morgan fingerprint density at radius 2 is 1.73 bits per heavy atom. The molecule has 2 aromatic carbocycles. The molecule has 0 unspecified atom stereocenters. The van der Waals surface area contributed by atoms with Gasteiger partial charge in [-0.3, -0.25) is 9.59 Å². The molecule has 0 aromatic heterocycles. The molecule has 2 rings (SSSR count). The monoisotopic (exact) mass is 368 g/mol. The Morgan fingerprint density at radius 3 is 2.27 bits per heavy atom. The van der Waals surface area contributed by atoms with Crippen LogP contribution in [0.4, 0.5) is 28.9 Å². The number of anilines is 2. The van der Waals surface area contributed by atoms with Crippen molar-refractivity contribution in [3.63, 3.8) is 0 Å². The topological polar surface area (TPSA) is 49.4 Å². The summed E-state index contributed by atoms with van der Waals surface area (Å²) in [4.78, 5) is 24.9. The van der Waals surface area contributed by atoms with Gasteiger partial charge in [0.15, 0.2) is 0 Å². The van der Waals surface area contributed by atoms with Crippen LogP contribution in [0.2, 0.25) is 0 Å². The van der Waals surface area contributed by atoms with Gasteiger partial charge in [-0.2, -0.15) is 13.2 Å². The minimum Gasteiger partial charge on any atom is -0.326 e. The van der Waals surface area contributed by atoms with Gasteiger partial charge in [-0.25, -0.2) is 4.39 Å². The van der Waals surface area contributed by atoms with Crippen LogP contribution in [-0.4, -0.2) is 18.4 Å². The highest BCUT2D eigenvalue weighted by atomic mass is 19.4. The summed E-state index contributed by atoms with van der Waals surface area (Å²) in [6, 6.07) is 9.43. The van der Waals surface area contributed by atoms with Crippen molar-refractivity contribution < 1.29 is 27.2 Å². The molecule has 26 heavy (non-hydrogen) atoms. The largest absolute Gasteiger partial charge is 0.416 e. The van der Waals surface area contributed by atoms with Gasteiger partial charge < -0.3 is 10.2 Å². The lowest BCUT2D eigenvalue weighted by atomic mass is 10.2. The Balaban J connectivity index is 1.97. The molecule has 4 nitrogen and oxygen atoms in total. The van der Waals surface area contributed by atoms with Crippen molar-refractivity contribution in [3.8, 4) is 0 Å². The molecule has 0 aliphatic carbocycles. The van der Waals surface area contributed by atoms with Crippen molar-refractivity contribution in [3.05, 3.63) is 59.9 Å². The third-order valence-corrected chi connectivity index (χ3v) is 3.56. The van der Waals surface area contributed by atoms with Gasteiger partial charge >= 0.3 is 6.18 Å². The number of halogens is 4. The van der Waals surface area contributed by atoms with Crippen molar-refractivity contribution in [2.45, 2.75) is 19.5 Å². The van der Waals surface area contributed by atoms with E-state index in [0.29, 0.717) is 5.69 Å². The molecule has 0 spiro atoms. The standard InChI is InChI=1S/C18H16F4N2O2/c1-12(25)24(16-4-2-3-14(19)11-16)10-9-17(26)23-15-7-5-13(6-8-15)18(20,21)22/h2-8,11H,9-10H2,1H3,(H,23,26). The molecule has 138 valence electrons. The molecule has 0 bridgehead atoms. The highest BCUT2D eigenvalue weighted by molar-refractivity contribution is 5.94. The lowest BCUT2D eigenvalue weighted by Gasteiger charge is -2.21. The maximum atomic E-state index is 13.3. The fourth-order valence-electron chi connectivity index (χ4n) is 2.29. The van der Waals surface area contributed by atoms with Crippen LogP contribution in [0.1, 0.15) is 18.9 Å². The summed E-state index contributed by atoms with van der Waals surface area (Å²) in [5, 5.41) is 2.46. The van der Waals surface area contributed by atoms with Gasteiger partial charge in [-0.05, 0) is 42.5 Å². The van der Waals surface area contributed by atoms with Gasteiger partial charge in [0.05, 0.1) is 5.56 Å². The average Bonchev–Trinajstić information content (AvgIpc) is 2.54. The maximum Gasteiger partial charge on any atom is 0.416 e. The van der Waals surface area contributed by atoms with Crippen LogP contribution in [0.5, 0.6) is 0 Å². The van der Waals surface area contributed by atoms with Gasteiger partial charge in [0.25, 0.3) is 0 Å². The predicted molar refractivity (Wildman–Crippen MR) is 89.1 cm³/mol. The van der Waals surface area contributed by atoms with Crippen molar-refractivity contribution in [2.24, 2.45) is 0 Å². The highest BCUT2D eigenvalue weighted by Gasteiger charge is 2.30. The highest BCUT2D eigenvalue weighted by Crippen LogP contribution is 2.29. The molecule has 0 saturated carbocycles. The summed E-state index contributed by atoms with van der Waals surface area (Å²) in [7, 11) is 0. The average molecular weight is 368 g/mol. The van der Waals surface area contributed by atoms with Gasteiger partial charge in [0.1, 0.15) is 5.82 Å². The van der Waals surface area contributed by atoms with E-state index in [9.17, 15) is 27.2 Å². The SMILES string of the molecule is CC(=O)N(CCC(=O)Nc1ccc(C(F)(F)F)cc1)c1cccc(F)c1. The van der Waals surface area contributed by atoms with Crippen LogP contribution in [0.15, 0.2) is 48.5 Å². The van der Waals surface area contributed by atoms with E-state index in [1.807, 2.05) is 0 Å². The van der Waals surface area contributed by atoms with Crippen LogP contribution in [0.3, 0.4) is 0 Å². The van der Waals surface area contributed by atoms with E-state index in [-0.39, 0.29) is 24.6 Å². The molecule has 0 atom stereocenters. The predicted octanol–water partition coefficient (Wildman–Crippen LogP) is 4.23. The van der Waals surface area contributed by atoms with Crippen LogP contribution in [-0.2, 0) is 15.8 Å². The first-order valence-corrected chi connectivity index (χ1v) is 7.67. The minimum absolute atomic E-state index is 0.00521. The molecule has 0 aliphatic rings. The van der Waals surface area contributed by atoms with Crippen molar-refractivity contribution in [1.29, 1.82) is 0 Å². The third-order valence-electron chi connectivity index (χ3n) is 3.56. The number of alkyl halides is 3. The van der Waals surface area contributed by atoms with Gasteiger partial charge in [-0.15, -0.1) is 0 Å². The zero-order chi connectivity index (χ0) is 19.3. The van der Waals surface area contributed by atoms with Gasteiger partial charge in [-0.1, -0.05) is 6.07 Å². The zero-order valence-electron chi connectivity index (χ0n) is 13.8. The van der Waals surface area contributed by atoms with Crippen LogP contribution in [0.25, 0.3) is 0 Å². The molecule has 2 aromatic rings. The quantitative estimate of drug-likeness (QED) is 0.803. The third kappa shape index (κ3) is 5.30. The number of nitrogens with one attached hydrogen (secondary N) is 1. The van der Waals surface area contributed by atoms with E-state index in [4.69, 9.17) is 0 Å². The molecule has 2 amide bonds. The summed E-state index contributed by atoms with van der Waals surface area (Å²) >= 11 is 0. The van der Waals surface area contributed by atoms with Gasteiger partial charge in [0.2, 0.25) is 11.8 Å². The van der Waals surface area contributed by atoms with Crippen LogP contribution >= 0.6 is 0 Å². The maximum absolute atomic E-state index is 13.3. The number of hydrogen-bond donors (Lipinski definition) is 1. The summed E-state index contributed by atoms with van der Waals surface area (Å²) in [5.74, 6) is -1.35. The van der Waals surface area contributed by atoms with Crippen LogP contribution < -0.4 is 10.2 Å². The van der Waals surface area contributed by atoms with E-state index in [2.05, 4.69) is 5.32 Å². The second-order valence-electron chi connectivity index (χ2n) is 5.52. The van der Waals surface area contributed by atoms with E-state index in [1.165, 1.54) is 36.1 Å². The molecule has 0 saturated heterocycles. The lowest BCUT2D eigenvalue weighted by Crippen LogP contribution is -2.32. The molecule has 1 N–H and O–H groups in total. The van der Waals surface area contributed by atoms with Crippen LogP contribution in [0, 0.1) is 5.82 Å². The first-order chi connectivity index (χ1) is 12.2.